The molecule has 0 aliphatic carbocycles. The minimum atomic E-state index is -6.09. The molecular weight excluding hydrogens is 353 g/mol. The Labute approximate surface area is 140 Å². The molecule has 1 atom stereocenters. The van der Waals surface area contributed by atoms with Gasteiger partial charge in [-0.1, -0.05) is 26.2 Å². The van der Waals surface area contributed by atoms with Gasteiger partial charge in [0.05, 0.1) is 6.26 Å². The molecule has 0 saturated carbocycles. The fourth-order valence-electron chi connectivity index (χ4n) is 1.28. The molecule has 0 rings (SSSR count). The lowest BCUT2D eigenvalue weighted by atomic mass is 10.1. The fraction of sp³-hybridized carbons (Fsp3) is 0.929. The smallest absolute Gasteiger partial charge is 0.485 e. The second kappa shape index (κ2) is 10.6. The molecule has 0 heterocycles. The molecule has 0 amide bonds. The highest BCUT2D eigenvalue weighted by molar-refractivity contribution is 7.98. The van der Waals surface area contributed by atoms with Crippen LogP contribution in [0.3, 0.4) is 0 Å². The third-order valence-electron chi connectivity index (χ3n) is 3.02. The van der Waals surface area contributed by atoms with Crippen molar-refractivity contribution in [1.29, 1.82) is 0 Å². The summed E-state index contributed by atoms with van der Waals surface area (Å²) in [5.41, 5.74) is -5.65. The van der Waals surface area contributed by atoms with Gasteiger partial charge in [0.1, 0.15) is 4.75 Å². The molecule has 0 bridgehead atoms. The molecule has 0 aromatic heterocycles. The SMILES string of the molecule is CCCCCCC(=O)C[S+](C)C(C)(C)C.O=S(=O)([O-])C(F)(F)F. The van der Waals surface area contributed by atoms with Crippen molar-refractivity contribution in [2.24, 2.45) is 0 Å². The first-order chi connectivity index (χ1) is 10.1. The third kappa shape index (κ3) is 13.8. The van der Waals surface area contributed by atoms with Crippen molar-refractivity contribution in [2.75, 3.05) is 12.0 Å². The van der Waals surface area contributed by atoms with E-state index in [1.54, 1.807) is 0 Å². The minimum absolute atomic E-state index is 0.226. The summed E-state index contributed by atoms with van der Waals surface area (Å²) < 4.78 is 59.2. The molecule has 0 saturated heterocycles. The topological polar surface area (TPSA) is 74.3 Å². The van der Waals surface area contributed by atoms with Crippen LogP contribution in [0, 0.1) is 0 Å². The van der Waals surface area contributed by atoms with Crippen LogP contribution in [0.4, 0.5) is 13.2 Å². The van der Waals surface area contributed by atoms with Gasteiger partial charge < -0.3 is 4.55 Å². The number of carbonyl (C=O) groups excluding carboxylic acids is 1. The third-order valence-corrected chi connectivity index (χ3v) is 6.43. The fourth-order valence-corrected chi connectivity index (χ4v) is 2.34. The standard InChI is InChI=1S/C13H27OS.CHF3O3S/c1-6-7-8-9-10-12(14)11-15(5)13(2,3)4;2-1(3,4)8(5,6)7/h6-11H2,1-5H3;(H,5,6,7)/q+1;/p-1. The van der Waals surface area contributed by atoms with Crippen LogP contribution in [0.1, 0.15) is 59.8 Å². The van der Waals surface area contributed by atoms with Gasteiger partial charge in [-0.25, -0.2) is 8.42 Å². The van der Waals surface area contributed by atoms with E-state index in [9.17, 15) is 18.0 Å². The Morgan fingerprint density at radius 2 is 1.52 bits per heavy atom. The van der Waals surface area contributed by atoms with Gasteiger partial charge in [-0.3, -0.25) is 4.79 Å². The monoisotopic (exact) mass is 380 g/mol. The lowest BCUT2D eigenvalue weighted by Gasteiger charge is -2.17. The summed E-state index contributed by atoms with van der Waals surface area (Å²) in [6.07, 6.45) is 7.83. The van der Waals surface area contributed by atoms with E-state index in [0.29, 0.717) is 10.5 Å². The summed E-state index contributed by atoms with van der Waals surface area (Å²) in [6, 6.07) is 0. The number of hydrogen-bond acceptors (Lipinski definition) is 4. The number of hydrogen-bond donors (Lipinski definition) is 0. The lowest BCUT2D eigenvalue weighted by molar-refractivity contribution is -0.116. The predicted molar refractivity (Wildman–Crippen MR) is 87.4 cm³/mol. The Morgan fingerprint density at radius 1 is 1.09 bits per heavy atom. The van der Waals surface area contributed by atoms with E-state index < -0.39 is 15.6 Å². The van der Waals surface area contributed by atoms with Gasteiger partial charge in [0.2, 0.25) is 0 Å². The van der Waals surface area contributed by atoms with Gasteiger partial charge in [-0.2, -0.15) is 13.2 Å². The van der Waals surface area contributed by atoms with Gasteiger partial charge in [0, 0.05) is 6.42 Å². The molecule has 4 nitrogen and oxygen atoms in total. The van der Waals surface area contributed by atoms with Crippen LogP contribution >= 0.6 is 0 Å². The van der Waals surface area contributed by atoms with Crippen molar-refractivity contribution >= 4 is 26.8 Å². The van der Waals surface area contributed by atoms with Crippen LogP contribution in [0.15, 0.2) is 0 Å². The number of alkyl halides is 3. The van der Waals surface area contributed by atoms with E-state index in [4.69, 9.17) is 13.0 Å². The molecule has 1 unspecified atom stereocenters. The second-order valence-corrected chi connectivity index (χ2v) is 10.3. The molecule has 9 heteroatoms. The van der Waals surface area contributed by atoms with E-state index in [1.807, 2.05) is 0 Å². The summed E-state index contributed by atoms with van der Waals surface area (Å²) in [6.45, 7) is 8.87. The van der Waals surface area contributed by atoms with Gasteiger partial charge in [-0.05, 0) is 38.1 Å². The van der Waals surface area contributed by atoms with Crippen molar-refractivity contribution in [3.05, 3.63) is 0 Å². The minimum Gasteiger partial charge on any atom is -0.741 e. The maximum atomic E-state index is 11.7. The summed E-state index contributed by atoms with van der Waals surface area (Å²) in [5.74, 6) is 1.25. The zero-order chi connectivity index (χ0) is 18.9. The highest BCUT2D eigenvalue weighted by Gasteiger charge is 2.37. The van der Waals surface area contributed by atoms with Crippen LogP contribution in [-0.2, 0) is 25.8 Å². The maximum Gasteiger partial charge on any atom is 0.485 e. The van der Waals surface area contributed by atoms with Gasteiger partial charge in [-0.15, -0.1) is 0 Å². The van der Waals surface area contributed by atoms with Crippen molar-refractivity contribution in [3.63, 3.8) is 0 Å². The number of halogens is 3. The van der Waals surface area contributed by atoms with E-state index in [2.05, 4.69) is 34.0 Å². The van der Waals surface area contributed by atoms with Crippen molar-refractivity contribution in [3.8, 4) is 0 Å². The zero-order valence-corrected chi connectivity index (χ0v) is 16.0. The number of Topliss-reactive ketones (excluding diaryl/α,β-unsaturated/α-hetero) is 1. The summed E-state index contributed by atoms with van der Waals surface area (Å²) >= 11 is 0. The van der Waals surface area contributed by atoms with Crippen molar-refractivity contribution < 1.29 is 30.9 Å². The lowest BCUT2D eigenvalue weighted by Crippen LogP contribution is -2.32. The average molecular weight is 380 g/mol. The largest absolute Gasteiger partial charge is 0.741 e. The summed E-state index contributed by atoms with van der Waals surface area (Å²) in [7, 11) is -5.86. The molecule has 23 heavy (non-hydrogen) atoms. The summed E-state index contributed by atoms with van der Waals surface area (Å²) in [5, 5.41) is 0. The number of unbranched alkanes of at least 4 members (excludes halogenated alkanes) is 3. The van der Waals surface area contributed by atoms with E-state index in [-0.39, 0.29) is 10.9 Å². The molecule has 0 radical (unpaired) electrons. The molecule has 0 N–H and O–H groups in total. The Morgan fingerprint density at radius 3 is 1.83 bits per heavy atom. The molecule has 0 aliphatic heterocycles. The molecule has 0 aromatic rings. The van der Waals surface area contributed by atoms with E-state index >= 15 is 0 Å². The number of rotatable bonds is 7. The maximum absolute atomic E-state index is 11.7. The highest BCUT2D eigenvalue weighted by atomic mass is 32.2. The van der Waals surface area contributed by atoms with Crippen molar-refractivity contribution in [1.82, 2.24) is 0 Å². The van der Waals surface area contributed by atoms with Gasteiger partial charge >= 0.3 is 5.51 Å². The van der Waals surface area contributed by atoms with Crippen LogP contribution in [0.5, 0.6) is 0 Å². The van der Waals surface area contributed by atoms with E-state index in [1.165, 1.54) is 19.3 Å². The quantitative estimate of drug-likeness (QED) is 0.293. The zero-order valence-electron chi connectivity index (χ0n) is 14.3. The summed E-state index contributed by atoms with van der Waals surface area (Å²) in [4.78, 5) is 11.7. The molecule has 0 spiro atoms. The molecular formula is C14H27F3O4S2. The Hall–Kier alpha value is -0.280. The first kappa shape index (κ1) is 25.0. The Kier molecular flexibility index (Phi) is 11.5. The number of carbonyl (C=O) groups is 1. The van der Waals surface area contributed by atoms with Crippen LogP contribution in [-0.4, -0.2) is 41.0 Å². The molecule has 140 valence electrons. The first-order valence-corrected chi connectivity index (χ1v) is 10.5. The Bertz CT molecular complexity index is 440. The van der Waals surface area contributed by atoms with Gasteiger partial charge in [0.25, 0.3) is 0 Å². The van der Waals surface area contributed by atoms with E-state index in [0.717, 1.165) is 18.6 Å². The van der Waals surface area contributed by atoms with Crippen LogP contribution in [0.2, 0.25) is 0 Å². The Balaban J connectivity index is 0. The molecule has 0 fully saturated rings. The number of ketones is 1. The average Bonchev–Trinajstić information content (AvgIpc) is 2.31. The predicted octanol–water partition coefficient (Wildman–Crippen LogP) is 3.62. The highest BCUT2D eigenvalue weighted by Crippen LogP contribution is 2.20. The molecule has 0 aromatic carbocycles. The molecule has 0 aliphatic rings. The normalized spacial score (nSPS) is 14.0. The first-order valence-electron chi connectivity index (χ1n) is 7.29. The van der Waals surface area contributed by atoms with Crippen molar-refractivity contribution in [2.45, 2.75) is 70.1 Å². The van der Waals surface area contributed by atoms with Gasteiger partial charge in [0.15, 0.2) is 21.7 Å². The van der Waals surface area contributed by atoms with Crippen LogP contribution in [0.25, 0.3) is 0 Å². The second-order valence-electron chi connectivity index (χ2n) is 6.14. The van der Waals surface area contributed by atoms with Crippen LogP contribution < -0.4 is 0 Å².